The largest absolute Gasteiger partial charge is 0.389 e. The molecule has 7 heteroatoms. The third kappa shape index (κ3) is 4.56. The first-order valence-electron chi connectivity index (χ1n) is 8.76. The van der Waals surface area contributed by atoms with Crippen LogP contribution < -0.4 is 0 Å². The fraction of sp³-hybridized carbons (Fsp3) is 0.556. The summed E-state index contributed by atoms with van der Waals surface area (Å²) in [6.45, 7) is 6.30. The van der Waals surface area contributed by atoms with Crippen LogP contribution in [0, 0.1) is 0 Å². The van der Waals surface area contributed by atoms with E-state index in [-0.39, 0.29) is 12.3 Å². The van der Waals surface area contributed by atoms with E-state index in [0.29, 0.717) is 44.1 Å². The topological polar surface area (TPSA) is 79.0 Å². The van der Waals surface area contributed by atoms with Crippen molar-refractivity contribution in [3.63, 3.8) is 0 Å². The lowest BCUT2D eigenvalue weighted by atomic mass is 10.1. The number of carbonyl (C=O) groups excluding carboxylic acids is 1. The predicted octanol–water partition coefficient (Wildman–Crippen LogP) is 0.912. The zero-order valence-corrected chi connectivity index (χ0v) is 14.6. The molecule has 1 aromatic carbocycles. The van der Waals surface area contributed by atoms with Crippen LogP contribution in [0.3, 0.4) is 0 Å². The fourth-order valence-electron chi connectivity index (χ4n) is 3.11. The summed E-state index contributed by atoms with van der Waals surface area (Å²) in [5.41, 5.74) is 1.40. The Kier molecular flexibility index (Phi) is 6.01. The van der Waals surface area contributed by atoms with Crippen LogP contribution in [0.1, 0.15) is 12.6 Å². The van der Waals surface area contributed by atoms with Crippen LogP contribution in [0.2, 0.25) is 0 Å². The van der Waals surface area contributed by atoms with Crippen LogP contribution in [0.15, 0.2) is 28.8 Å². The molecule has 136 valence electrons. The van der Waals surface area contributed by atoms with Crippen molar-refractivity contribution in [3.05, 3.63) is 30.0 Å². The number of ether oxygens (including phenoxy) is 1. The number of aliphatic hydroxyl groups excluding tert-OH is 1. The van der Waals surface area contributed by atoms with E-state index in [2.05, 4.69) is 10.1 Å². The van der Waals surface area contributed by atoms with Crippen LogP contribution in [0.4, 0.5) is 0 Å². The minimum atomic E-state index is -0.483. The molecule has 1 fully saturated rings. The maximum atomic E-state index is 12.5. The molecule has 0 radical (unpaired) electrons. The van der Waals surface area contributed by atoms with Crippen molar-refractivity contribution in [1.82, 2.24) is 15.0 Å². The van der Waals surface area contributed by atoms with Gasteiger partial charge in [0.1, 0.15) is 5.69 Å². The first-order chi connectivity index (χ1) is 12.2. The summed E-state index contributed by atoms with van der Waals surface area (Å²) in [4.78, 5) is 16.6. The number of hydrogen-bond acceptors (Lipinski definition) is 6. The predicted molar refractivity (Wildman–Crippen MR) is 93.2 cm³/mol. The van der Waals surface area contributed by atoms with Crippen molar-refractivity contribution in [3.8, 4) is 0 Å². The Morgan fingerprint density at radius 1 is 1.32 bits per heavy atom. The number of nitrogens with zero attached hydrogens (tertiary/aromatic N) is 3. The van der Waals surface area contributed by atoms with E-state index in [9.17, 15) is 9.90 Å². The number of rotatable bonds is 7. The van der Waals surface area contributed by atoms with E-state index in [1.54, 1.807) is 0 Å². The quantitative estimate of drug-likeness (QED) is 0.802. The van der Waals surface area contributed by atoms with Gasteiger partial charge in [-0.3, -0.25) is 9.69 Å². The van der Waals surface area contributed by atoms with Gasteiger partial charge in [-0.1, -0.05) is 17.3 Å². The highest BCUT2D eigenvalue weighted by molar-refractivity contribution is 5.86. The number of carbonyl (C=O) groups is 1. The molecule has 0 saturated carbocycles. The number of aromatic nitrogens is 1. The number of aliphatic hydroxyl groups is 1. The highest BCUT2D eigenvalue weighted by atomic mass is 16.5. The molecule has 0 aliphatic carbocycles. The maximum Gasteiger partial charge on any atom is 0.228 e. The standard InChI is InChI=1S/C18H25N3O4/c1-2-24-13-14(22)12-20-7-9-21(10-8-20)18(23)11-16-15-5-3-4-6-17(15)25-19-16/h3-6,14,22H,2,7-13H2,1H3/t14-/m1/s1. The summed E-state index contributed by atoms with van der Waals surface area (Å²) in [5.74, 6) is 0.0635. The molecule has 1 aliphatic rings. The third-order valence-electron chi connectivity index (χ3n) is 4.48. The molecule has 2 heterocycles. The molecule has 0 unspecified atom stereocenters. The second kappa shape index (κ2) is 8.42. The Morgan fingerprint density at radius 3 is 2.84 bits per heavy atom. The molecule has 2 aromatic rings. The first kappa shape index (κ1) is 17.8. The van der Waals surface area contributed by atoms with Crippen molar-refractivity contribution in [2.24, 2.45) is 0 Å². The SMILES string of the molecule is CCOC[C@H](O)CN1CCN(C(=O)Cc2noc3ccccc23)CC1. The van der Waals surface area contributed by atoms with Gasteiger partial charge in [0.2, 0.25) is 5.91 Å². The number of benzene rings is 1. The van der Waals surface area contributed by atoms with Gasteiger partial charge in [-0.05, 0) is 19.1 Å². The molecule has 7 nitrogen and oxygen atoms in total. The van der Waals surface area contributed by atoms with E-state index in [0.717, 1.165) is 18.5 Å². The summed E-state index contributed by atoms with van der Waals surface area (Å²) in [5, 5.41) is 14.8. The van der Waals surface area contributed by atoms with Crippen molar-refractivity contribution >= 4 is 16.9 Å². The van der Waals surface area contributed by atoms with Crippen molar-refractivity contribution in [2.75, 3.05) is 45.9 Å². The first-order valence-corrected chi connectivity index (χ1v) is 8.76. The van der Waals surface area contributed by atoms with Crippen LogP contribution >= 0.6 is 0 Å². The summed E-state index contributed by atoms with van der Waals surface area (Å²) < 4.78 is 10.5. The average molecular weight is 347 g/mol. The van der Waals surface area contributed by atoms with E-state index in [4.69, 9.17) is 9.26 Å². The molecule has 1 saturated heterocycles. The van der Waals surface area contributed by atoms with E-state index >= 15 is 0 Å². The summed E-state index contributed by atoms with van der Waals surface area (Å²) in [7, 11) is 0. The van der Waals surface area contributed by atoms with Crippen LogP contribution in [-0.2, 0) is 16.0 Å². The number of amides is 1. The number of β-amino-alcohol motifs (C(OH)–C–C–N with tert-alkyl or cyclic N) is 1. The van der Waals surface area contributed by atoms with Crippen molar-refractivity contribution in [2.45, 2.75) is 19.4 Å². The Morgan fingerprint density at radius 2 is 2.08 bits per heavy atom. The fourth-order valence-corrected chi connectivity index (χ4v) is 3.11. The molecule has 1 amide bonds. The second-order valence-electron chi connectivity index (χ2n) is 6.30. The molecular formula is C18H25N3O4. The van der Waals surface area contributed by atoms with Gasteiger partial charge in [-0.25, -0.2) is 0 Å². The van der Waals surface area contributed by atoms with Crippen LogP contribution in [-0.4, -0.2) is 78.0 Å². The zero-order chi connectivity index (χ0) is 17.6. The van der Waals surface area contributed by atoms with Gasteiger partial charge in [-0.2, -0.15) is 0 Å². The maximum absolute atomic E-state index is 12.5. The molecule has 3 rings (SSSR count). The molecule has 1 aliphatic heterocycles. The van der Waals surface area contributed by atoms with Crippen LogP contribution in [0.5, 0.6) is 0 Å². The highest BCUT2D eigenvalue weighted by Crippen LogP contribution is 2.19. The highest BCUT2D eigenvalue weighted by Gasteiger charge is 2.24. The average Bonchev–Trinajstić information content (AvgIpc) is 3.03. The molecule has 25 heavy (non-hydrogen) atoms. The molecule has 0 bridgehead atoms. The van der Waals surface area contributed by atoms with Gasteiger partial charge in [0.15, 0.2) is 5.58 Å². The number of fused-ring (bicyclic) bond motifs is 1. The van der Waals surface area contributed by atoms with Gasteiger partial charge in [0.25, 0.3) is 0 Å². The van der Waals surface area contributed by atoms with Gasteiger partial charge in [-0.15, -0.1) is 0 Å². The van der Waals surface area contributed by atoms with E-state index < -0.39 is 6.10 Å². The Balaban J connectivity index is 1.48. The molecular weight excluding hydrogens is 322 g/mol. The van der Waals surface area contributed by atoms with Gasteiger partial charge < -0.3 is 19.3 Å². The normalized spacial score (nSPS) is 17.1. The van der Waals surface area contributed by atoms with Gasteiger partial charge >= 0.3 is 0 Å². The Labute approximate surface area is 147 Å². The van der Waals surface area contributed by atoms with Crippen molar-refractivity contribution < 1.29 is 19.2 Å². The van der Waals surface area contributed by atoms with Crippen LogP contribution in [0.25, 0.3) is 11.0 Å². The minimum absolute atomic E-state index is 0.0635. The third-order valence-corrected chi connectivity index (χ3v) is 4.48. The van der Waals surface area contributed by atoms with E-state index in [1.807, 2.05) is 36.1 Å². The molecule has 1 N–H and O–H groups in total. The molecule has 1 atom stereocenters. The Hall–Kier alpha value is -1.96. The lowest BCUT2D eigenvalue weighted by Gasteiger charge is -2.35. The lowest BCUT2D eigenvalue weighted by molar-refractivity contribution is -0.132. The summed E-state index contributed by atoms with van der Waals surface area (Å²) in [6.07, 6.45) is -0.229. The van der Waals surface area contributed by atoms with Gasteiger partial charge in [0, 0.05) is 44.7 Å². The monoisotopic (exact) mass is 347 g/mol. The number of hydrogen-bond donors (Lipinski definition) is 1. The minimum Gasteiger partial charge on any atom is -0.389 e. The number of para-hydroxylation sites is 1. The smallest absolute Gasteiger partial charge is 0.228 e. The molecule has 1 aromatic heterocycles. The summed E-state index contributed by atoms with van der Waals surface area (Å²) >= 11 is 0. The molecule has 0 spiro atoms. The number of piperazine rings is 1. The van der Waals surface area contributed by atoms with Gasteiger partial charge in [0.05, 0.1) is 19.1 Å². The van der Waals surface area contributed by atoms with Crippen molar-refractivity contribution in [1.29, 1.82) is 0 Å². The second-order valence-corrected chi connectivity index (χ2v) is 6.30. The lowest BCUT2D eigenvalue weighted by Crippen LogP contribution is -2.51. The van der Waals surface area contributed by atoms with E-state index in [1.165, 1.54) is 0 Å². The Bertz CT molecular complexity index is 694. The summed E-state index contributed by atoms with van der Waals surface area (Å²) in [6, 6.07) is 7.58. The zero-order valence-electron chi connectivity index (χ0n) is 14.6.